The lowest BCUT2D eigenvalue weighted by Gasteiger charge is -2.29. The molecule has 2 rings (SSSR count). The van der Waals surface area contributed by atoms with Crippen molar-refractivity contribution in [1.82, 2.24) is 4.98 Å². The molecule has 1 N–H and O–H groups in total. The first kappa shape index (κ1) is 15.5. The summed E-state index contributed by atoms with van der Waals surface area (Å²) in [6, 6.07) is 0.706. The number of nitrogens with zero attached hydrogens (tertiary/aromatic N) is 3. The molecule has 21 heavy (non-hydrogen) atoms. The zero-order valence-corrected chi connectivity index (χ0v) is 12.0. The minimum atomic E-state index is -0.993. The lowest BCUT2D eigenvalue weighted by Crippen LogP contribution is -2.44. The molecule has 1 aliphatic heterocycles. The highest BCUT2D eigenvalue weighted by molar-refractivity contribution is 6.30. The molecule has 0 saturated carbocycles. The van der Waals surface area contributed by atoms with E-state index >= 15 is 0 Å². The van der Waals surface area contributed by atoms with Gasteiger partial charge in [-0.05, 0) is 6.92 Å². The number of aliphatic carboxylic acids is 1. The Morgan fingerprint density at radius 1 is 1.67 bits per heavy atom. The fraction of sp³-hybridized carbons (Fsp3) is 0.500. The third-order valence-electron chi connectivity index (χ3n) is 3.39. The SMILES string of the molecule is CCN(c1ncc(Cl)cc1[N+](=O)[O-])C1COCC1C(=O)O. The molecule has 0 bridgehead atoms. The van der Waals surface area contributed by atoms with E-state index in [1.807, 2.05) is 0 Å². The molecule has 0 spiro atoms. The van der Waals surface area contributed by atoms with Crippen molar-refractivity contribution < 1.29 is 19.6 Å². The maximum absolute atomic E-state index is 11.3. The largest absolute Gasteiger partial charge is 0.481 e. The highest BCUT2D eigenvalue weighted by Gasteiger charge is 2.40. The van der Waals surface area contributed by atoms with Crippen molar-refractivity contribution in [2.24, 2.45) is 5.92 Å². The van der Waals surface area contributed by atoms with Crippen molar-refractivity contribution in [3.05, 3.63) is 27.4 Å². The summed E-state index contributed by atoms with van der Waals surface area (Å²) in [6.07, 6.45) is 1.30. The van der Waals surface area contributed by atoms with Gasteiger partial charge in [0.15, 0.2) is 0 Å². The first-order valence-corrected chi connectivity index (χ1v) is 6.70. The molecule has 1 saturated heterocycles. The Morgan fingerprint density at radius 3 is 2.95 bits per heavy atom. The van der Waals surface area contributed by atoms with Crippen molar-refractivity contribution in [3.63, 3.8) is 0 Å². The van der Waals surface area contributed by atoms with Crippen LogP contribution >= 0.6 is 11.6 Å². The normalized spacial score (nSPS) is 21.2. The number of pyridine rings is 1. The molecule has 0 aliphatic carbocycles. The predicted octanol–water partition coefficient (Wildman–Crippen LogP) is 1.57. The number of ether oxygens (including phenoxy) is 1. The molecule has 114 valence electrons. The number of carbonyl (C=O) groups is 1. The third kappa shape index (κ3) is 3.06. The number of nitro groups is 1. The van der Waals surface area contributed by atoms with Crippen molar-refractivity contribution in [1.29, 1.82) is 0 Å². The quantitative estimate of drug-likeness (QED) is 0.649. The van der Waals surface area contributed by atoms with Gasteiger partial charge in [-0.15, -0.1) is 0 Å². The van der Waals surface area contributed by atoms with Crippen LogP contribution in [0.2, 0.25) is 5.02 Å². The molecular formula is C12H14ClN3O5. The van der Waals surface area contributed by atoms with Crippen LogP contribution < -0.4 is 4.90 Å². The standard InChI is InChI=1S/C12H14ClN3O5/c1-2-15(10-6-21-5-8(10)12(17)18)11-9(16(19)20)3-7(13)4-14-11/h3-4,8,10H,2,5-6H2,1H3,(H,17,18). The second-order valence-corrected chi connectivity index (χ2v) is 5.03. The zero-order valence-electron chi connectivity index (χ0n) is 11.2. The van der Waals surface area contributed by atoms with E-state index in [4.69, 9.17) is 16.3 Å². The molecule has 2 heterocycles. The Hall–Kier alpha value is -1.93. The van der Waals surface area contributed by atoms with Gasteiger partial charge in [-0.3, -0.25) is 14.9 Å². The predicted molar refractivity (Wildman–Crippen MR) is 74.7 cm³/mol. The van der Waals surface area contributed by atoms with Crippen molar-refractivity contribution >= 4 is 29.1 Å². The summed E-state index contributed by atoms with van der Waals surface area (Å²) < 4.78 is 5.21. The van der Waals surface area contributed by atoms with Gasteiger partial charge in [-0.25, -0.2) is 4.98 Å². The summed E-state index contributed by atoms with van der Waals surface area (Å²) in [5.41, 5.74) is -0.250. The van der Waals surface area contributed by atoms with E-state index in [2.05, 4.69) is 4.98 Å². The molecule has 2 atom stereocenters. The summed E-state index contributed by atoms with van der Waals surface area (Å²) in [5.74, 6) is -1.64. The third-order valence-corrected chi connectivity index (χ3v) is 3.60. The van der Waals surface area contributed by atoms with Crippen LogP contribution in [0.3, 0.4) is 0 Å². The van der Waals surface area contributed by atoms with E-state index in [0.29, 0.717) is 6.54 Å². The second kappa shape index (κ2) is 6.23. The van der Waals surface area contributed by atoms with Gasteiger partial charge in [-0.1, -0.05) is 11.6 Å². The highest BCUT2D eigenvalue weighted by atomic mass is 35.5. The van der Waals surface area contributed by atoms with Gasteiger partial charge >= 0.3 is 11.7 Å². The Kier molecular flexibility index (Phi) is 4.59. The lowest BCUT2D eigenvalue weighted by atomic mass is 10.0. The molecule has 9 heteroatoms. The van der Waals surface area contributed by atoms with E-state index in [0.717, 1.165) is 0 Å². The Labute approximate surface area is 125 Å². The number of halogens is 1. The Balaban J connectivity index is 2.42. The smallest absolute Gasteiger partial charge is 0.313 e. The van der Waals surface area contributed by atoms with Gasteiger partial charge in [0.05, 0.1) is 29.2 Å². The summed E-state index contributed by atoms with van der Waals surface area (Å²) in [6.45, 7) is 2.41. The van der Waals surface area contributed by atoms with E-state index in [-0.39, 0.29) is 29.7 Å². The van der Waals surface area contributed by atoms with E-state index in [9.17, 15) is 20.0 Å². The summed E-state index contributed by atoms with van der Waals surface area (Å²) in [5, 5.41) is 20.5. The minimum Gasteiger partial charge on any atom is -0.481 e. The average molecular weight is 316 g/mol. The van der Waals surface area contributed by atoms with Crippen LogP contribution in [0.25, 0.3) is 0 Å². The van der Waals surface area contributed by atoms with E-state index in [1.54, 1.807) is 11.8 Å². The highest BCUT2D eigenvalue weighted by Crippen LogP contribution is 2.32. The summed E-state index contributed by atoms with van der Waals surface area (Å²) in [7, 11) is 0. The molecule has 0 amide bonds. The fourth-order valence-electron chi connectivity index (χ4n) is 2.40. The molecule has 0 radical (unpaired) electrons. The Bertz CT molecular complexity index is 568. The number of carboxylic acids is 1. The number of anilines is 1. The van der Waals surface area contributed by atoms with Crippen LogP contribution in [-0.2, 0) is 9.53 Å². The van der Waals surface area contributed by atoms with Crippen LogP contribution in [0.5, 0.6) is 0 Å². The van der Waals surface area contributed by atoms with Gasteiger partial charge in [0.2, 0.25) is 5.82 Å². The average Bonchev–Trinajstić information content (AvgIpc) is 2.90. The Morgan fingerprint density at radius 2 is 2.38 bits per heavy atom. The van der Waals surface area contributed by atoms with Crippen LogP contribution in [0.15, 0.2) is 12.3 Å². The number of hydrogen-bond donors (Lipinski definition) is 1. The molecule has 2 unspecified atom stereocenters. The van der Waals surface area contributed by atoms with Crippen LogP contribution in [-0.4, -0.2) is 46.8 Å². The number of carboxylic acid groups (broad SMARTS) is 1. The van der Waals surface area contributed by atoms with Crippen LogP contribution in [0.1, 0.15) is 6.92 Å². The second-order valence-electron chi connectivity index (χ2n) is 4.59. The van der Waals surface area contributed by atoms with Crippen molar-refractivity contribution in [2.45, 2.75) is 13.0 Å². The first-order valence-electron chi connectivity index (χ1n) is 6.32. The maximum Gasteiger partial charge on any atom is 0.313 e. The number of aromatic nitrogens is 1. The molecule has 0 aromatic carbocycles. The molecule has 1 aromatic rings. The number of likely N-dealkylation sites (N-methyl/N-ethyl adjacent to an activating group) is 1. The van der Waals surface area contributed by atoms with Crippen LogP contribution in [0.4, 0.5) is 11.5 Å². The minimum absolute atomic E-state index is 0.0812. The number of rotatable bonds is 5. The van der Waals surface area contributed by atoms with Gasteiger partial charge in [0.1, 0.15) is 5.92 Å². The van der Waals surface area contributed by atoms with Gasteiger partial charge in [0, 0.05) is 18.8 Å². The van der Waals surface area contributed by atoms with Crippen molar-refractivity contribution in [3.8, 4) is 0 Å². The van der Waals surface area contributed by atoms with E-state index in [1.165, 1.54) is 12.3 Å². The van der Waals surface area contributed by atoms with Crippen molar-refractivity contribution in [2.75, 3.05) is 24.7 Å². The molecular weight excluding hydrogens is 302 g/mol. The first-order chi connectivity index (χ1) is 9.95. The summed E-state index contributed by atoms with van der Waals surface area (Å²) in [4.78, 5) is 27.4. The zero-order chi connectivity index (χ0) is 15.6. The molecule has 1 aliphatic rings. The van der Waals surface area contributed by atoms with Crippen LogP contribution in [0, 0.1) is 16.0 Å². The lowest BCUT2D eigenvalue weighted by molar-refractivity contribution is -0.384. The number of hydrogen-bond acceptors (Lipinski definition) is 6. The maximum atomic E-state index is 11.3. The van der Waals surface area contributed by atoms with Gasteiger partial charge in [-0.2, -0.15) is 0 Å². The molecule has 8 nitrogen and oxygen atoms in total. The van der Waals surface area contributed by atoms with Gasteiger partial charge in [0.25, 0.3) is 0 Å². The fourth-order valence-corrected chi connectivity index (χ4v) is 2.56. The summed E-state index contributed by atoms with van der Waals surface area (Å²) >= 11 is 5.74. The van der Waals surface area contributed by atoms with E-state index < -0.39 is 22.9 Å². The van der Waals surface area contributed by atoms with Gasteiger partial charge < -0.3 is 14.7 Å². The monoisotopic (exact) mass is 315 g/mol. The topological polar surface area (TPSA) is 106 Å². The molecule has 1 fully saturated rings. The molecule has 1 aromatic heterocycles.